The number of nitrogens with zero attached hydrogens (tertiary/aromatic N) is 1. The summed E-state index contributed by atoms with van der Waals surface area (Å²) in [4.78, 5) is 2.17. The van der Waals surface area contributed by atoms with Crippen LogP contribution in [0, 0.1) is 0 Å². The first-order chi connectivity index (χ1) is 7.22. The number of hydrogen-bond acceptors (Lipinski definition) is 2. The van der Waals surface area contributed by atoms with Crippen molar-refractivity contribution in [3.63, 3.8) is 0 Å². The molecule has 16 heavy (non-hydrogen) atoms. The number of aryl methyl sites for hydroxylation is 1. The summed E-state index contributed by atoms with van der Waals surface area (Å²) >= 11 is 0. The van der Waals surface area contributed by atoms with Gasteiger partial charge in [0.1, 0.15) is 5.75 Å². The lowest BCUT2D eigenvalue weighted by Crippen LogP contribution is -2.15. The third-order valence-corrected chi connectivity index (χ3v) is 2.35. The molecule has 0 fully saturated rings. The van der Waals surface area contributed by atoms with Gasteiger partial charge in [-0.2, -0.15) is 0 Å². The van der Waals surface area contributed by atoms with Crippen molar-refractivity contribution in [1.82, 2.24) is 4.90 Å². The van der Waals surface area contributed by atoms with Gasteiger partial charge in [0, 0.05) is 6.54 Å². The second kappa shape index (κ2) is 8.17. The van der Waals surface area contributed by atoms with E-state index < -0.39 is 0 Å². The molecule has 0 amide bonds. The SMILES string of the molecule is C.CCc1ccc(OCCCN(C)C)cc1. The fourth-order valence-corrected chi connectivity index (χ4v) is 1.39. The van der Waals surface area contributed by atoms with E-state index in [0.717, 1.165) is 31.7 Å². The molecule has 1 rings (SSSR count). The van der Waals surface area contributed by atoms with Gasteiger partial charge in [-0.25, -0.2) is 0 Å². The highest BCUT2D eigenvalue weighted by molar-refractivity contribution is 5.27. The molecule has 0 saturated carbocycles. The van der Waals surface area contributed by atoms with Crippen LogP contribution in [0.2, 0.25) is 0 Å². The van der Waals surface area contributed by atoms with Crippen LogP contribution in [0.5, 0.6) is 5.75 Å². The Balaban J connectivity index is 0.00000225. The third-order valence-electron chi connectivity index (χ3n) is 2.35. The zero-order valence-corrected chi connectivity index (χ0v) is 9.99. The number of benzene rings is 1. The topological polar surface area (TPSA) is 12.5 Å². The Bertz CT molecular complexity index is 267. The van der Waals surface area contributed by atoms with Crippen LogP contribution in [0.4, 0.5) is 0 Å². The molecule has 0 radical (unpaired) electrons. The van der Waals surface area contributed by atoms with Crippen LogP contribution in [-0.2, 0) is 6.42 Å². The fraction of sp³-hybridized carbons (Fsp3) is 0.571. The summed E-state index contributed by atoms with van der Waals surface area (Å²) in [6, 6.07) is 8.35. The Labute approximate surface area is 100 Å². The molecular formula is C14H25NO. The molecule has 0 atom stereocenters. The van der Waals surface area contributed by atoms with E-state index in [1.54, 1.807) is 0 Å². The Morgan fingerprint density at radius 2 is 1.75 bits per heavy atom. The summed E-state index contributed by atoms with van der Waals surface area (Å²) in [6.45, 7) is 4.03. The summed E-state index contributed by atoms with van der Waals surface area (Å²) in [5.74, 6) is 0.978. The van der Waals surface area contributed by atoms with Gasteiger partial charge in [0.15, 0.2) is 0 Å². The van der Waals surface area contributed by atoms with Crippen molar-refractivity contribution in [1.29, 1.82) is 0 Å². The van der Waals surface area contributed by atoms with Gasteiger partial charge in [0.25, 0.3) is 0 Å². The Kier molecular flexibility index (Phi) is 7.65. The molecule has 2 nitrogen and oxygen atoms in total. The lowest BCUT2D eigenvalue weighted by atomic mass is 10.2. The fourth-order valence-electron chi connectivity index (χ4n) is 1.39. The van der Waals surface area contributed by atoms with Crippen LogP contribution in [-0.4, -0.2) is 32.1 Å². The highest BCUT2D eigenvalue weighted by Crippen LogP contribution is 2.12. The van der Waals surface area contributed by atoms with E-state index in [1.165, 1.54) is 5.56 Å². The zero-order valence-electron chi connectivity index (χ0n) is 9.99. The first-order valence-electron chi connectivity index (χ1n) is 5.59. The van der Waals surface area contributed by atoms with Gasteiger partial charge in [-0.1, -0.05) is 26.5 Å². The lowest BCUT2D eigenvalue weighted by Gasteiger charge is -2.10. The maximum atomic E-state index is 5.63. The number of rotatable bonds is 6. The monoisotopic (exact) mass is 223 g/mol. The summed E-state index contributed by atoms with van der Waals surface area (Å²) in [6.07, 6.45) is 2.16. The highest BCUT2D eigenvalue weighted by atomic mass is 16.5. The van der Waals surface area contributed by atoms with Crippen LogP contribution < -0.4 is 4.74 Å². The van der Waals surface area contributed by atoms with E-state index in [2.05, 4.69) is 50.2 Å². The molecule has 0 unspecified atom stereocenters. The Morgan fingerprint density at radius 3 is 2.25 bits per heavy atom. The molecule has 0 saturated heterocycles. The molecule has 92 valence electrons. The van der Waals surface area contributed by atoms with Crippen molar-refractivity contribution in [2.75, 3.05) is 27.2 Å². The molecule has 0 N–H and O–H groups in total. The molecule has 0 aliphatic rings. The Hall–Kier alpha value is -1.02. The highest BCUT2D eigenvalue weighted by Gasteiger charge is 1.95. The van der Waals surface area contributed by atoms with Gasteiger partial charge in [-0.3, -0.25) is 0 Å². The smallest absolute Gasteiger partial charge is 0.119 e. The molecule has 0 heterocycles. The average Bonchev–Trinajstić information content (AvgIpc) is 2.25. The van der Waals surface area contributed by atoms with Crippen LogP contribution >= 0.6 is 0 Å². The Morgan fingerprint density at radius 1 is 1.12 bits per heavy atom. The summed E-state index contributed by atoms with van der Waals surface area (Å²) in [5, 5.41) is 0. The molecule has 2 heteroatoms. The average molecular weight is 223 g/mol. The minimum atomic E-state index is 0. The zero-order chi connectivity index (χ0) is 11.1. The molecule has 0 spiro atoms. The molecular weight excluding hydrogens is 198 g/mol. The quantitative estimate of drug-likeness (QED) is 0.687. The van der Waals surface area contributed by atoms with Gasteiger partial charge in [-0.05, 0) is 44.6 Å². The van der Waals surface area contributed by atoms with Gasteiger partial charge < -0.3 is 9.64 Å². The first-order valence-corrected chi connectivity index (χ1v) is 5.59. The van der Waals surface area contributed by atoms with Gasteiger partial charge in [0.2, 0.25) is 0 Å². The van der Waals surface area contributed by atoms with Crippen LogP contribution in [0.15, 0.2) is 24.3 Å². The largest absolute Gasteiger partial charge is 0.494 e. The summed E-state index contributed by atoms with van der Waals surface area (Å²) < 4.78 is 5.63. The second-order valence-electron chi connectivity index (χ2n) is 4.00. The minimum absolute atomic E-state index is 0. The van der Waals surface area contributed by atoms with Crippen molar-refractivity contribution in [3.05, 3.63) is 29.8 Å². The minimum Gasteiger partial charge on any atom is -0.494 e. The third kappa shape index (κ3) is 5.76. The van der Waals surface area contributed by atoms with Crippen molar-refractivity contribution in [2.45, 2.75) is 27.2 Å². The van der Waals surface area contributed by atoms with E-state index >= 15 is 0 Å². The second-order valence-corrected chi connectivity index (χ2v) is 4.00. The first kappa shape index (κ1) is 15.0. The van der Waals surface area contributed by atoms with E-state index in [1.807, 2.05) is 0 Å². The normalized spacial score (nSPS) is 10.0. The standard InChI is InChI=1S/C13H21NO.CH4/c1-4-12-6-8-13(9-7-12)15-11-5-10-14(2)3;/h6-9H,4-5,10-11H2,1-3H3;1H4. The summed E-state index contributed by atoms with van der Waals surface area (Å²) in [5.41, 5.74) is 1.36. The predicted octanol–water partition coefficient (Wildman–Crippen LogP) is 3.22. The van der Waals surface area contributed by atoms with E-state index in [-0.39, 0.29) is 7.43 Å². The van der Waals surface area contributed by atoms with Gasteiger partial charge >= 0.3 is 0 Å². The lowest BCUT2D eigenvalue weighted by molar-refractivity contribution is 0.281. The van der Waals surface area contributed by atoms with Gasteiger partial charge in [-0.15, -0.1) is 0 Å². The molecule has 0 bridgehead atoms. The maximum absolute atomic E-state index is 5.63. The predicted molar refractivity (Wildman–Crippen MR) is 71.2 cm³/mol. The number of hydrogen-bond donors (Lipinski definition) is 0. The van der Waals surface area contributed by atoms with Crippen LogP contribution in [0.25, 0.3) is 0 Å². The van der Waals surface area contributed by atoms with Crippen molar-refractivity contribution in [3.8, 4) is 5.75 Å². The van der Waals surface area contributed by atoms with Crippen LogP contribution in [0.1, 0.15) is 26.3 Å². The van der Waals surface area contributed by atoms with Gasteiger partial charge in [0.05, 0.1) is 6.61 Å². The van der Waals surface area contributed by atoms with E-state index in [0.29, 0.717) is 0 Å². The van der Waals surface area contributed by atoms with Crippen molar-refractivity contribution in [2.24, 2.45) is 0 Å². The number of ether oxygens (including phenoxy) is 1. The van der Waals surface area contributed by atoms with Crippen LogP contribution in [0.3, 0.4) is 0 Å². The van der Waals surface area contributed by atoms with Crippen molar-refractivity contribution >= 4 is 0 Å². The molecule has 0 aromatic heterocycles. The molecule has 1 aromatic carbocycles. The molecule has 1 aromatic rings. The van der Waals surface area contributed by atoms with Crippen molar-refractivity contribution < 1.29 is 4.74 Å². The van der Waals surface area contributed by atoms with E-state index in [9.17, 15) is 0 Å². The summed E-state index contributed by atoms with van der Waals surface area (Å²) in [7, 11) is 4.16. The molecule has 0 aliphatic heterocycles. The molecule has 0 aliphatic carbocycles. The maximum Gasteiger partial charge on any atom is 0.119 e. The van der Waals surface area contributed by atoms with E-state index in [4.69, 9.17) is 4.74 Å².